The first kappa shape index (κ1) is 29.0. The molecule has 0 radical (unpaired) electrons. The summed E-state index contributed by atoms with van der Waals surface area (Å²) in [5.41, 5.74) is -1.34. The number of hydrogen-bond donors (Lipinski definition) is 2. The standard InChI is InChI=1S/C26H23ClF3N5O4S/c1-14-4-7-22(19(27)8-14)40(38,39)34-21-10-17(11-32-23(21)26(28,29)30)16-5-6-20-18(9-16)25(37)35(13-33-20)12-15(2)24(36)31-3/h4-11,13,15,34H,12H2,1-3H3,(H,31,36). The lowest BCUT2D eigenvalue weighted by atomic mass is 10.0. The third kappa shape index (κ3) is 5.94. The zero-order valence-corrected chi connectivity index (χ0v) is 22.9. The summed E-state index contributed by atoms with van der Waals surface area (Å²) in [5, 5.41) is 2.50. The van der Waals surface area contributed by atoms with Crippen LogP contribution in [-0.4, -0.2) is 35.9 Å². The number of hydrogen-bond acceptors (Lipinski definition) is 6. The van der Waals surface area contributed by atoms with Crippen molar-refractivity contribution in [2.75, 3.05) is 11.8 Å². The van der Waals surface area contributed by atoms with E-state index >= 15 is 0 Å². The number of nitrogens with one attached hydrogen (secondary N) is 2. The molecule has 0 spiro atoms. The number of nitrogens with zero attached hydrogens (tertiary/aromatic N) is 3. The summed E-state index contributed by atoms with van der Waals surface area (Å²) in [6.45, 7) is 3.38. The fourth-order valence-electron chi connectivity index (χ4n) is 4.04. The van der Waals surface area contributed by atoms with Gasteiger partial charge in [-0.1, -0.05) is 30.7 Å². The molecule has 4 aromatic rings. The lowest BCUT2D eigenvalue weighted by Crippen LogP contribution is -2.32. The molecule has 1 amide bonds. The highest BCUT2D eigenvalue weighted by atomic mass is 35.5. The molecule has 0 aliphatic heterocycles. The average Bonchev–Trinajstić information content (AvgIpc) is 2.88. The molecule has 0 bridgehead atoms. The molecule has 2 aromatic heterocycles. The van der Waals surface area contributed by atoms with E-state index in [1.807, 2.05) is 4.72 Å². The Morgan fingerprint density at radius 1 is 1.10 bits per heavy atom. The normalized spacial score (nSPS) is 12.8. The van der Waals surface area contributed by atoms with Gasteiger partial charge in [-0.2, -0.15) is 13.2 Å². The van der Waals surface area contributed by atoms with E-state index in [2.05, 4.69) is 15.3 Å². The lowest BCUT2D eigenvalue weighted by Gasteiger charge is -2.16. The molecule has 4 rings (SSSR count). The Morgan fingerprint density at radius 2 is 1.82 bits per heavy atom. The second-order valence-corrected chi connectivity index (χ2v) is 11.2. The number of pyridine rings is 1. The number of aryl methyl sites for hydroxylation is 1. The van der Waals surface area contributed by atoms with Crippen molar-refractivity contribution in [3.8, 4) is 11.1 Å². The highest BCUT2D eigenvalue weighted by molar-refractivity contribution is 7.92. The Bertz CT molecular complexity index is 1790. The van der Waals surface area contributed by atoms with Crippen molar-refractivity contribution < 1.29 is 26.4 Å². The summed E-state index contributed by atoms with van der Waals surface area (Å²) in [6, 6.07) is 9.46. The van der Waals surface area contributed by atoms with Crippen LogP contribution in [0.4, 0.5) is 18.9 Å². The van der Waals surface area contributed by atoms with Crippen molar-refractivity contribution in [3.63, 3.8) is 0 Å². The van der Waals surface area contributed by atoms with Gasteiger partial charge in [0.05, 0.1) is 33.9 Å². The second-order valence-electron chi connectivity index (χ2n) is 9.11. The zero-order valence-electron chi connectivity index (χ0n) is 21.4. The maximum Gasteiger partial charge on any atom is 0.435 e. The number of fused-ring (bicyclic) bond motifs is 1. The van der Waals surface area contributed by atoms with E-state index in [4.69, 9.17) is 11.6 Å². The number of rotatable bonds is 7. The number of benzene rings is 2. The van der Waals surface area contributed by atoms with Gasteiger partial charge < -0.3 is 5.32 Å². The average molecular weight is 594 g/mol. The van der Waals surface area contributed by atoms with Gasteiger partial charge in [0.2, 0.25) is 5.91 Å². The molecule has 9 nitrogen and oxygen atoms in total. The Kier molecular flexibility index (Phi) is 7.90. The van der Waals surface area contributed by atoms with Gasteiger partial charge in [0.15, 0.2) is 5.69 Å². The van der Waals surface area contributed by atoms with Crippen LogP contribution in [0.3, 0.4) is 0 Å². The van der Waals surface area contributed by atoms with Crippen LogP contribution in [0.25, 0.3) is 22.0 Å². The topological polar surface area (TPSA) is 123 Å². The van der Waals surface area contributed by atoms with Crippen LogP contribution in [0.5, 0.6) is 0 Å². The molecule has 2 N–H and O–H groups in total. The van der Waals surface area contributed by atoms with Crippen molar-refractivity contribution in [3.05, 3.63) is 81.6 Å². The van der Waals surface area contributed by atoms with Crippen molar-refractivity contribution >= 4 is 44.1 Å². The number of halogens is 4. The zero-order chi connectivity index (χ0) is 29.4. The Labute approximate surface area is 232 Å². The molecule has 0 saturated heterocycles. The van der Waals surface area contributed by atoms with Crippen LogP contribution in [0.1, 0.15) is 18.2 Å². The van der Waals surface area contributed by atoms with E-state index in [0.717, 1.165) is 12.3 Å². The van der Waals surface area contributed by atoms with Gasteiger partial charge in [0.1, 0.15) is 4.90 Å². The fraction of sp³-hybridized carbons (Fsp3) is 0.231. The first-order chi connectivity index (χ1) is 18.7. The number of carbonyl (C=O) groups excluding carboxylic acids is 1. The fourth-order valence-corrected chi connectivity index (χ4v) is 5.70. The van der Waals surface area contributed by atoms with Crippen LogP contribution in [0.2, 0.25) is 5.02 Å². The number of carbonyl (C=O) groups is 1. The van der Waals surface area contributed by atoms with Gasteiger partial charge in [-0.3, -0.25) is 18.9 Å². The molecule has 2 heterocycles. The van der Waals surface area contributed by atoms with Crippen LogP contribution >= 0.6 is 11.6 Å². The third-order valence-electron chi connectivity index (χ3n) is 6.10. The molecule has 0 saturated carbocycles. The van der Waals surface area contributed by atoms with Gasteiger partial charge in [-0.15, -0.1) is 0 Å². The maximum absolute atomic E-state index is 13.8. The lowest BCUT2D eigenvalue weighted by molar-refractivity contribution is -0.140. The molecular weight excluding hydrogens is 571 g/mol. The van der Waals surface area contributed by atoms with Crippen molar-refractivity contribution in [1.82, 2.24) is 19.9 Å². The minimum Gasteiger partial charge on any atom is -0.359 e. The van der Waals surface area contributed by atoms with E-state index in [1.165, 1.54) is 54.3 Å². The van der Waals surface area contributed by atoms with Gasteiger partial charge in [0, 0.05) is 25.4 Å². The summed E-state index contributed by atoms with van der Waals surface area (Å²) in [7, 11) is -3.05. The summed E-state index contributed by atoms with van der Waals surface area (Å²) in [4.78, 5) is 32.4. The molecule has 14 heteroatoms. The van der Waals surface area contributed by atoms with E-state index in [-0.39, 0.29) is 28.4 Å². The number of aromatic nitrogens is 3. The minimum atomic E-state index is -4.98. The summed E-state index contributed by atoms with van der Waals surface area (Å²) in [6.07, 6.45) is -2.73. The second kappa shape index (κ2) is 10.9. The Morgan fingerprint density at radius 3 is 2.48 bits per heavy atom. The molecule has 40 heavy (non-hydrogen) atoms. The van der Waals surface area contributed by atoms with E-state index in [0.29, 0.717) is 16.6 Å². The largest absolute Gasteiger partial charge is 0.435 e. The van der Waals surface area contributed by atoms with E-state index in [9.17, 15) is 31.2 Å². The molecule has 0 aliphatic rings. The number of sulfonamides is 1. The predicted octanol–water partition coefficient (Wildman–Crippen LogP) is 4.62. The molecule has 1 atom stereocenters. The highest BCUT2D eigenvalue weighted by Gasteiger charge is 2.37. The van der Waals surface area contributed by atoms with Crippen LogP contribution in [0, 0.1) is 12.8 Å². The first-order valence-corrected chi connectivity index (χ1v) is 13.6. The van der Waals surface area contributed by atoms with Crippen LogP contribution in [0.15, 0.2) is 64.7 Å². The van der Waals surface area contributed by atoms with Gasteiger partial charge >= 0.3 is 6.18 Å². The Balaban J connectivity index is 1.79. The van der Waals surface area contributed by atoms with Crippen molar-refractivity contribution in [2.24, 2.45) is 5.92 Å². The summed E-state index contributed by atoms with van der Waals surface area (Å²) in [5.74, 6) is -0.791. The number of amides is 1. The maximum atomic E-state index is 13.8. The van der Waals surface area contributed by atoms with Gasteiger partial charge in [-0.05, 0) is 48.4 Å². The molecule has 210 valence electrons. The number of anilines is 1. The molecule has 1 unspecified atom stereocenters. The van der Waals surface area contributed by atoms with Gasteiger partial charge in [0.25, 0.3) is 15.6 Å². The monoisotopic (exact) mass is 593 g/mol. The molecular formula is C26H23ClF3N5O4S. The van der Waals surface area contributed by atoms with Crippen molar-refractivity contribution in [1.29, 1.82) is 0 Å². The molecule has 0 aliphatic carbocycles. The smallest absolute Gasteiger partial charge is 0.359 e. The minimum absolute atomic E-state index is 0.0566. The number of alkyl halides is 3. The quantitative estimate of drug-likeness (QED) is 0.322. The van der Waals surface area contributed by atoms with E-state index < -0.39 is 44.0 Å². The van der Waals surface area contributed by atoms with Crippen molar-refractivity contribution in [2.45, 2.75) is 31.5 Å². The predicted molar refractivity (Wildman–Crippen MR) is 144 cm³/mol. The molecule has 0 fully saturated rings. The SMILES string of the molecule is CNC(=O)C(C)Cn1cnc2ccc(-c3cnc(C(F)(F)F)c(NS(=O)(=O)c4ccc(C)cc4Cl)c3)cc2c1=O. The third-order valence-corrected chi connectivity index (χ3v) is 7.95. The van der Waals surface area contributed by atoms with Crippen LogP contribution in [-0.2, 0) is 27.5 Å². The van der Waals surface area contributed by atoms with Crippen LogP contribution < -0.4 is 15.6 Å². The first-order valence-electron chi connectivity index (χ1n) is 11.8. The summed E-state index contributed by atoms with van der Waals surface area (Å²) < 4.78 is 70.6. The molecule has 2 aromatic carbocycles. The Hall–Kier alpha value is -3.97. The van der Waals surface area contributed by atoms with Gasteiger partial charge in [-0.25, -0.2) is 18.4 Å². The van der Waals surface area contributed by atoms with E-state index in [1.54, 1.807) is 13.8 Å². The highest BCUT2D eigenvalue weighted by Crippen LogP contribution is 2.37. The summed E-state index contributed by atoms with van der Waals surface area (Å²) >= 11 is 6.06.